The van der Waals surface area contributed by atoms with E-state index in [1.165, 1.54) is 9.36 Å². The van der Waals surface area contributed by atoms with Crippen LogP contribution in [-0.2, 0) is 27.1 Å². The first-order chi connectivity index (χ1) is 15.8. The lowest BCUT2D eigenvalue weighted by Crippen LogP contribution is -2.23. The number of hydrogen-bond acceptors (Lipinski definition) is 6. The van der Waals surface area contributed by atoms with Crippen molar-refractivity contribution in [3.63, 3.8) is 0 Å². The molecule has 33 heavy (non-hydrogen) atoms. The normalized spacial score (nSPS) is 10.9. The minimum Gasteiger partial charge on any atom is -0.489 e. The van der Waals surface area contributed by atoms with Crippen molar-refractivity contribution in [2.75, 3.05) is 0 Å². The molecule has 0 spiro atoms. The maximum atomic E-state index is 12.4. The van der Waals surface area contributed by atoms with Gasteiger partial charge in [-0.25, -0.2) is 4.79 Å². The second-order valence-electron chi connectivity index (χ2n) is 7.89. The Morgan fingerprint density at radius 2 is 1.88 bits per heavy atom. The van der Waals surface area contributed by atoms with Gasteiger partial charge in [-0.05, 0) is 66.1 Å². The monoisotopic (exact) mass is 443 g/mol. The van der Waals surface area contributed by atoms with E-state index in [1.807, 2.05) is 50.2 Å². The van der Waals surface area contributed by atoms with Crippen LogP contribution in [0, 0.1) is 25.2 Å². The standard InChI is InChI=1S/C24H25N7O2/c1-6-17-8-7-9-20(31-24(32)30(5)27-28-31)19(17)14-33-22-11-10-18(12-15(22)2)23-16(3)21(13-25)29(4)26-23/h7-12H,6,14H2,1-5H3. The van der Waals surface area contributed by atoms with Crippen LogP contribution in [0.5, 0.6) is 5.75 Å². The van der Waals surface area contributed by atoms with Gasteiger partial charge in [-0.3, -0.25) is 4.68 Å². The highest BCUT2D eigenvalue weighted by molar-refractivity contribution is 5.67. The van der Waals surface area contributed by atoms with Gasteiger partial charge in [-0.1, -0.05) is 19.1 Å². The summed E-state index contributed by atoms with van der Waals surface area (Å²) in [4.78, 5) is 12.4. The molecule has 0 amide bonds. The highest BCUT2D eigenvalue weighted by Gasteiger charge is 2.17. The summed E-state index contributed by atoms with van der Waals surface area (Å²) in [7, 11) is 3.34. The van der Waals surface area contributed by atoms with E-state index in [0.29, 0.717) is 11.4 Å². The highest BCUT2D eigenvalue weighted by atomic mass is 16.5. The predicted octanol–water partition coefficient (Wildman–Crippen LogP) is 3.00. The first-order valence-corrected chi connectivity index (χ1v) is 10.6. The lowest BCUT2D eigenvalue weighted by molar-refractivity contribution is 0.302. The van der Waals surface area contributed by atoms with E-state index in [2.05, 4.69) is 28.5 Å². The molecule has 0 saturated carbocycles. The lowest BCUT2D eigenvalue weighted by Gasteiger charge is -2.15. The van der Waals surface area contributed by atoms with Crippen molar-refractivity contribution in [3.05, 3.63) is 74.8 Å². The Morgan fingerprint density at radius 3 is 2.48 bits per heavy atom. The number of rotatable bonds is 6. The molecule has 0 radical (unpaired) electrons. The third-order valence-electron chi connectivity index (χ3n) is 5.79. The van der Waals surface area contributed by atoms with Gasteiger partial charge in [0.15, 0.2) is 0 Å². The summed E-state index contributed by atoms with van der Waals surface area (Å²) in [6.07, 6.45) is 0.791. The number of nitrogens with zero attached hydrogens (tertiary/aromatic N) is 7. The Hall–Kier alpha value is -4.19. The van der Waals surface area contributed by atoms with Gasteiger partial charge >= 0.3 is 5.69 Å². The molecule has 0 saturated heterocycles. The number of tetrazole rings is 1. The van der Waals surface area contributed by atoms with Gasteiger partial charge in [0, 0.05) is 30.8 Å². The van der Waals surface area contributed by atoms with E-state index >= 15 is 0 Å². The van der Waals surface area contributed by atoms with Crippen LogP contribution in [0.3, 0.4) is 0 Å². The third-order valence-corrected chi connectivity index (χ3v) is 5.79. The third kappa shape index (κ3) is 3.91. The van der Waals surface area contributed by atoms with E-state index in [-0.39, 0.29) is 12.3 Å². The Balaban J connectivity index is 1.65. The Bertz CT molecular complexity index is 1440. The maximum Gasteiger partial charge on any atom is 0.368 e. The van der Waals surface area contributed by atoms with Gasteiger partial charge in [0.25, 0.3) is 0 Å². The Morgan fingerprint density at radius 1 is 1.09 bits per heavy atom. The molecule has 2 aromatic carbocycles. The highest BCUT2D eigenvalue weighted by Crippen LogP contribution is 2.30. The molecule has 4 rings (SSSR count). The van der Waals surface area contributed by atoms with Crippen molar-refractivity contribution >= 4 is 0 Å². The van der Waals surface area contributed by atoms with Crippen molar-refractivity contribution in [1.29, 1.82) is 5.26 Å². The first kappa shape index (κ1) is 22.0. The summed E-state index contributed by atoms with van der Waals surface area (Å²) in [5.41, 5.74) is 6.37. The van der Waals surface area contributed by atoms with E-state index in [0.717, 1.165) is 45.7 Å². The van der Waals surface area contributed by atoms with Crippen LogP contribution in [0.2, 0.25) is 0 Å². The number of nitriles is 1. The van der Waals surface area contributed by atoms with Gasteiger partial charge < -0.3 is 4.74 Å². The average molecular weight is 444 g/mol. The van der Waals surface area contributed by atoms with E-state index in [1.54, 1.807) is 18.8 Å². The van der Waals surface area contributed by atoms with Crippen LogP contribution < -0.4 is 10.4 Å². The zero-order valence-electron chi connectivity index (χ0n) is 19.3. The van der Waals surface area contributed by atoms with Crippen molar-refractivity contribution < 1.29 is 4.74 Å². The Kier molecular flexibility index (Phi) is 5.84. The summed E-state index contributed by atoms with van der Waals surface area (Å²) in [5.74, 6) is 0.733. The second kappa shape index (κ2) is 8.74. The summed E-state index contributed by atoms with van der Waals surface area (Å²) in [6.45, 7) is 6.22. The van der Waals surface area contributed by atoms with E-state index < -0.39 is 0 Å². The summed E-state index contributed by atoms with van der Waals surface area (Å²) < 4.78 is 10.3. The average Bonchev–Trinajstić information content (AvgIpc) is 3.29. The van der Waals surface area contributed by atoms with Gasteiger partial charge in [-0.2, -0.15) is 19.7 Å². The fraction of sp³-hybridized carbons (Fsp3) is 0.292. The molecular weight excluding hydrogens is 418 g/mol. The fourth-order valence-electron chi connectivity index (χ4n) is 3.95. The SMILES string of the molecule is CCc1cccc(-n2nnn(C)c2=O)c1COc1ccc(-c2nn(C)c(C#N)c2C)cc1C. The largest absolute Gasteiger partial charge is 0.489 e. The topological polar surface area (TPSA) is 104 Å². The van der Waals surface area contributed by atoms with Crippen molar-refractivity contribution in [2.45, 2.75) is 33.8 Å². The lowest BCUT2D eigenvalue weighted by atomic mass is 10.0. The van der Waals surface area contributed by atoms with Gasteiger partial charge in [-0.15, -0.1) is 0 Å². The molecule has 0 N–H and O–H groups in total. The molecule has 0 aliphatic heterocycles. The van der Waals surface area contributed by atoms with E-state index in [4.69, 9.17) is 4.74 Å². The quantitative estimate of drug-likeness (QED) is 0.454. The number of hydrogen-bond donors (Lipinski definition) is 0. The summed E-state index contributed by atoms with van der Waals surface area (Å²) in [6, 6.07) is 13.8. The molecular formula is C24H25N7O2. The zero-order valence-corrected chi connectivity index (χ0v) is 19.3. The van der Waals surface area contributed by atoms with Crippen LogP contribution in [0.4, 0.5) is 0 Å². The summed E-state index contributed by atoms with van der Waals surface area (Å²) in [5, 5.41) is 21.7. The molecule has 0 atom stereocenters. The number of aryl methyl sites for hydroxylation is 4. The minimum absolute atomic E-state index is 0.281. The van der Waals surface area contributed by atoms with Crippen LogP contribution in [0.15, 0.2) is 41.2 Å². The van der Waals surface area contributed by atoms with Gasteiger partial charge in [0.05, 0.1) is 11.4 Å². The van der Waals surface area contributed by atoms with Crippen molar-refractivity contribution in [1.82, 2.24) is 29.6 Å². The molecule has 9 heteroatoms. The molecule has 0 aliphatic carbocycles. The van der Waals surface area contributed by atoms with E-state index in [9.17, 15) is 10.1 Å². The molecule has 2 heterocycles. The number of ether oxygens (including phenoxy) is 1. The van der Waals surface area contributed by atoms with Crippen LogP contribution in [0.25, 0.3) is 16.9 Å². The Labute approximate surface area is 191 Å². The van der Waals surface area contributed by atoms with Crippen molar-refractivity contribution in [3.8, 4) is 28.8 Å². The molecule has 0 unspecified atom stereocenters. The second-order valence-corrected chi connectivity index (χ2v) is 7.89. The van der Waals surface area contributed by atoms with Crippen molar-refractivity contribution in [2.24, 2.45) is 14.1 Å². The number of benzene rings is 2. The molecule has 0 fully saturated rings. The molecule has 4 aromatic rings. The molecule has 168 valence electrons. The van der Waals surface area contributed by atoms with Gasteiger partial charge in [0.1, 0.15) is 24.1 Å². The molecule has 0 aliphatic rings. The predicted molar refractivity (Wildman–Crippen MR) is 123 cm³/mol. The summed E-state index contributed by atoms with van der Waals surface area (Å²) >= 11 is 0. The molecule has 2 aromatic heterocycles. The smallest absolute Gasteiger partial charge is 0.368 e. The van der Waals surface area contributed by atoms with Crippen LogP contribution >= 0.6 is 0 Å². The first-order valence-electron chi connectivity index (χ1n) is 10.6. The van der Waals surface area contributed by atoms with Gasteiger partial charge in [0.2, 0.25) is 0 Å². The number of aromatic nitrogens is 6. The molecule has 0 bridgehead atoms. The zero-order chi connectivity index (χ0) is 23.7. The maximum absolute atomic E-state index is 12.4. The van der Waals surface area contributed by atoms with Crippen LogP contribution in [0.1, 0.15) is 34.9 Å². The van der Waals surface area contributed by atoms with Crippen LogP contribution in [-0.4, -0.2) is 29.6 Å². The fourth-order valence-corrected chi connectivity index (χ4v) is 3.95. The molecule has 9 nitrogen and oxygen atoms in total. The minimum atomic E-state index is -0.312.